The summed E-state index contributed by atoms with van der Waals surface area (Å²) in [6.07, 6.45) is 6.76. The van der Waals surface area contributed by atoms with E-state index in [1.807, 2.05) is 35.0 Å². The summed E-state index contributed by atoms with van der Waals surface area (Å²) in [6.45, 7) is 2.06. The lowest BCUT2D eigenvalue weighted by molar-refractivity contribution is 0.713. The van der Waals surface area contributed by atoms with Gasteiger partial charge in [-0.25, -0.2) is 15.0 Å². The van der Waals surface area contributed by atoms with Crippen molar-refractivity contribution in [2.75, 3.05) is 18.0 Å². The Hall–Kier alpha value is -2.92. The van der Waals surface area contributed by atoms with Gasteiger partial charge < -0.3 is 4.90 Å². The topological polar surface area (TPSA) is 46.3 Å². The molecule has 2 aliphatic rings. The molecule has 138 valence electrons. The van der Waals surface area contributed by atoms with Gasteiger partial charge in [-0.15, -0.1) is 0 Å². The zero-order valence-corrected chi connectivity index (χ0v) is 15.9. The van der Waals surface area contributed by atoms with E-state index in [-0.39, 0.29) is 0 Å². The first-order valence-electron chi connectivity index (χ1n) is 9.49. The fourth-order valence-corrected chi connectivity index (χ4v) is 4.80. The number of imidazole rings is 1. The predicted octanol–water partition coefficient (Wildman–Crippen LogP) is 4.22. The number of halogens is 1. The quantitative estimate of drug-likeness (QED) is 0.528. The molecule has 0 amide bonds. The third-order valence-electron chi connectivity index (χ3n) is 6.16. The van der Waals surface area contributed by atoms with Crippen LogP contribution in [0.25, 0.3) is 17.2 Å². The lowest BCUT2D eigenvalue weighted by Crippen LogP contribution is -2.27. The average Bonchev–Trinajstić information content (AvgIpc) is 3.09. The van der Waals surface area contributed by atoms with Crippen molar-refractivity contribution in [3.05, 3.63) is 77.7 Å². The second-order valence-corrected chi connectivity index (χ2v) is 8.20. The van der Waals surface area contributed by atoms with Crippen molar-refractivity contribution in [3.8, 4) is 11.5 Å². The highest BCUT2D eigenvalue weighted by Crippen LogP contribution is 2.59. The minimum absolute atomic E-state index is 0.295. The standard InChI is InChI=1S/C22H18ClN5/c23-17-6-7-19-25-11-18(28(19)13-17)21-24-9-8-20(26-21)27-12-16-10-22(16,14-27)15-4-2-1-3-5-15/h1-9,11,13,16H,10,12,14H2. The first kappa shape index (κ1) is 16.1. The van der Waals surface area contributed by atoms with Crippen LogP contribution in [0.15, 0.2) is 67.1 Å². The van der Waals surface area contributed by atoms with Crippen LogP contribution in [0.2, 0.25) is 5.02 Å². The summed E-state index contributed by atoms with van der Waals surface area (Å²) in [7, 11) is 0. The van der Waals surface area contributed by atoms with E-state index in [9.17, 15) is 0 Å². The Labute approximate surface area is 167 Å². The Morgan fingerprint density at radius 2 is 1.93 bits per heavy atom. The van der Waals surface area contributed by atoms with Crippen LogP contribution in [-0.2, 0) is 5.41 Å². The van der Waals surface area contributed by atoms with Gasteiger partial charge in [-0.05, 0) is 36.1 Å². The summed E-state index contributed by atoms with van der Waals surface area (Å²) in [5.74, 6) is 2.36. The number of piperidine rings is 1. The molecule has 2 fully saturated rings. The van der Waals surface area contributed by atoms with Crippen molar-refractivity contribution < 1.29 is 0 Å². The number of hydrogen-bond donors (Lipinski definition) is 0. The molecule has 4 heterocycles. The van der Waals surface area contributed by atoms with E-state index < -0.39 is 0 Å². The maximum absolute atomic E-state index is 6.17. The zero-order valence-electron chi connectivity index (χ0n) is 15.2. The molecule has 1 aliphatic carbocycles. The fourth-order valence-electron chi connectivity index (χ4n) is 4.64. The van der Waals surface area contributed by atoms with E-state index in [0.29, 0.717) is 22.2 Å². The largest absolute Gasteiger partial charge is 0.355 e. The molecule has 5 nitrogen and oxygen atoms in total. The van der Waals surface area contributed by atoms with Gasteiger partial charge in [0.05, 0.1) is 11.2 Å². The van der Waals surface area contributed by atoms with E-state index in [1.165, 1.54) is 12.0 Å². The lowest BCUT2D eigenvalue weighted by Gasteiger charge is -2.22. The summed E-state index contributed by atoms with van der Waals surface area (Å²) in [5.41, 5.74) is 3.43. The first-order chi connectivity index (χ1) is 13.7. The maximum Gasteiger partial charge on any atom is 0.180 e. The highest BCUT2D eigenvalue weighted by Gasteiger charge is 2.60. The molecule has 6 heteroatoms. The molecule has 28 heavy (non-hydrogen) atoms. The fraction of sp³-hybridized carbons (Fsp3) is 0.227. The molecular formula is C22H18ClN5. The SMILES string of the molecule is Clc1ccc2ncc(-c3nccc(N4CC5CC5(c5ccccc5)C4)n3)n2c1. The second-order valence-electron chi connectivity index (χ2n) is 7.76. The van der Waals surface area contributed by atoms with Crippen LogP contribution in [0.4, 0.5) is 5.82 Å². The molecule has 0 spiro atoms. The molecule has 1 aliphatic heterocycles. The summed E-state index contributed by atoms with van der Waals surface area (Å²) < 4.78 is 1.94. The molecule has 0 bridgehead atoms. The Kier molecular flexibility index (Phi) is 3.32. The maximum atomic E-state index is 6.17. The zero-order chi connectivity index (χ0) is 18.7. The molecule has 1 saturated heterocycles. The van der Waals surface area contributed by atoms with Crippen LogP contribution >= 0.6 is 11.6 Å². The van der Waals surface area contributed by atoms with Crippen molar-refractivity contribution in [2.45, 2.75) is 11.8 Å². The van der Waals surface area contributed by atoms with Crippen molar-refractivity contribution in [3.63, 3.8) is 0 Å². The van der Waals surface area contributed by atoms with Crippen LogP contribution in [0.1, 0.15) is 12.0 Å². The highest BCUT2D eigenvalue weighted by molar-refractivity contribution is 6.30. The summed E-state index contributed by atoms with van der Waals surface area (Å²) in [4.78, 5) is 16.2. The van der Waals surface area contributed by atoms with Gasteiger partial charge in [0, 0.05) is 30.9 Å². The summed E-state index contributed by atoms with van der Waals surface area (Å²) in [6, 6.07) is 16.6. The molecule has 6 rings (SSSR count). The normalized spacial score (nSPS) is 23.2. The van der Waals surface area contributed by atoms with Gasteiger partial charge in [0.25, 0.3) is 0 Å². The first-order valence-corrected chi connectivity index (χ1v) is 9.87. The van der Waals surface area contributed by atoms with Crippen LogP contribution < -0.4 is 4.90 Å². The lowest BCUT2D eigenvalue weighted by atomic mass is 9.95. The molecule has 2 unspecified atom stereocenters. The monoisotopic (exact) mass is 387 g/mol. The van der Waals surface area contributed by atoms with E-state index in [2.05, 4.69) is 45.2 Å². The highest BCUT2D eigenvalue weighted by atomic mass is 35.5. The van der Waals surface area contributed by atoms with E-state index >= 15 is 0 Å². The molecule has 4 aromatic rings. The van der Waals surface area contributed by atoms with Gasteiger partial charge in [-0.1, -0.05) is 41.9 Å². The number of fused-ring (bicyclic) bond motifs is 2. The number of pyridine rings is 1. The number of hydrogen-bond acceptors (Lipinski definition) is 4. The molecular weight excluding hydrogens is 370 g/mol. The minimum Gasteiger partial charge on any atom is -0.355 e. The van der Waals surface area contributed by atoms with Gasteiger partial charge in [0.1, 0.15) is 17.2 Å². The number of aromatic nitrogens is 4. The van der Waals surface area contributed by atoms with Crippen molar-refractivity contribution >= 4 is 23.1 Å². The molecule has 2 atom stereocenters. The van der Waals surface area contributed by atoms with E-state index in [1.54, 1.807) is 6.20 Å². The second kappa shape index (κ2) is 5.79. The van der Waals surface area contributed by atoms with Gasteiger partial charge >= 0.3 is 0 Å². The number of nitrogens with zero attached hydrogens (tertiary/aromatic N) is 5. The minimum atomic E-state index is 0.295. The molecule has 0 N–H and O–H groups in total. The number of benzene rings is 1. The molecule has 3 aromatic heterocycles. The summed E-state index contributed by atoms with van der Waals surface area (Å²) in [5, 5.41) is 0.660. The van der Waals surface area contributed by atoms with Crippen LogP contribution in [0.3, 0.4) is 0 Å². The van der Waals surface area contributed by atoms with E-state index in [0.717, 1.165) is 30.2 Å². The molecule has 1 saturated carbocycles. The third kappa shape index (κ3) is 2.36. The summed E-state index contributed by atoms with van der Waals surface area (Å²) >= 11 is 6.17. The Morgan fingerprint density at radius 3 is 2.82 bits per heavy atom. The van der Waals surface area contributed by atoms with Crippen LogP contribution in [0, 0.1) is 5.92 Å². The van der Waals surface area contributed by atoms with Gasteiger partial charge in [0.2, 0.25) is 0 Å². The van der Waals surface area contributed by atoms with Gasteiger partial charge in [-0.3, -0.25) is 4.40 Å². The van der Waals surface area contributed by atoms with Crippen molar-refractivity contribution in [1.29, 1.82) is 0 Å². The van der Waals surface area contributed by atoms with E-state index in [4.69, 9.17) is 16.6 Å². The molecule has 0 radical (unpaired) electrons. The van der Waals surface area contributed by atoms with Crippen molar-refractivity contribution in [1.82, 2.24) is 19.4 Å². The Morgan fingerprint density at radius 1 is 1.04 bits per heavy atom. The Balaban J connectivity index is 1.34. The van der Waals surface area contributed by atoms with Crippen LogP contribution in [0.5, 0.6) is 0 Å². The smallest absolute Gasteiger partial charge is 0.180 e. The van der Waals surface area contributed by atoms with Crippen LogP contribution in [-0.4, -0.2) is 32.4 Å². The van der Waals surface area contributed by atoms with Gasteiger partial charge in [-0.2, -0.15) is 0 Å². The van der Waals surface area contributed by atoms with Gasteiger partial charge in [0.15, 0.2) is 5.82 Å². The number of anilines is 1. The third-order valence-corrected chi connectivity index (χ3v) is 6.38. The number of rotatable bonds is 3. The Bertz CT molecular complexity index is 1190. The molecule has 1 aromatic carbocycles. The van der Waals surface area contributed by atoms with Crippen molar-refractivity contribution in [2.24, 2.45) is 5.92 Å². The average molecular weight is 388 g/mol. The predicted molar refractivity (Wildman–Crippen MR) is 110 cm³/mol.